The van der Waals surface area contributed by atoms with E-state index in [1.54, 1.807) is 36.4 Å². The Morgan fingerprint density at radius 3 is 2.20 bits per heavy atom. The van der Waals surface area contributed by atoms with E-state index in [2.05, 4.69) is 21.2 Å². The van der Waals surface area contributed by atoms with E-state index < -0.39 is 28.5 Å². The second-order valence-electron chi connectivity index (χ2n) is 11.2. The first kappa shape index (κ1) is 34.7. The fourth-order valence-corrected chi connectivity index (χ4v) is 6.89. The van der Waals surface area contributed by atoms with Gasteiger partial charge in [0.2, 0.25) is 11.8 Å². The van der Waals surface area contributed by atoms with Gasteiger partial charge in [-0.25, -0.2) is 8.42 Å². The van der Waals surface area contributed by atoms with E-state index >= 15 is 0 Å². The van der Waals surface area contributed by atoms with Crippen LogP contribution < -0.4 is 14.4 Å². The van der Waals surface area contributed by atoms with Crippen molar-refractivity contribution in [3.63, 3.8) is 0 Å². The number of anilines is 1. The van der Waals surface area contributed by atoms with Crippen LogP contribution in [0.2, 0.25) is 0 Å². The fraction of sp³-hybridized carbons (Fsp3) is 0.278. The van der Waals surface area contributed by atoms with Crippen LogP contribution in [0.1, 0.15) is 37.0 Å². The summed E-state index contributed by atoms with van der Waals surface area (Å²) in [6.45, 7) is 5.27. The minimum atomic E-state index is -4.24. The lowest BCUT2D eigenvalue weighted by Gasteiger charge is -2.34. The molecule has 0 heterocycles. The van der Waals surface area contributed by atoms with Crippen LogP contribution in [0, 0.1) is 6.92 Å². The maximum atomic E-state index is 14.6. The lowest BCUT2D eigenvalue weighted by atomic mass is 10.0. The Morgan fingerprint density at radius 2 is 1.54 bits per heavy atom. The summed E-state index contributed by atoms with van der Waals surface area (Å²) in [5.41, 5.74) is 2.76. The molecule has 2 amide bonds. The Morgan fingerprint density at radius 1 is 0.891 bits per heavy atom. The van der Waals surface area contributed by atoms with E-state index in [4.69, 9.17) is 4.74 Å². The first-order valence-corrected chi connectivity index (χ1v) is 17.4. The van der Waals surface area contributed by atoms with Crippen LogP contribution in [0.4, 0.5) is 5.69 Å². The number of hydrogen-bond acceptors (Lipinski definition) is 5. The molecule has 0 saturated carbocycles. The van der Waals surface area contributed by atoms with Gasteiger partial charge in [-0.2, -0.15) is 0 Å². The fourth-order valence-electron chi connectivity index (χ4n) is 5.01. The molecule has 1 N–H and O–H groups in total. The number of carbonyl (C=O) groups excluding carboxylic acids is 2. The number of halogens is 1. The van der Waals surface area contributed by atoms with E-state index in [1.807, 2.05) is 75.4 Å². The van der Waals surface area contributed by atoms with Crippen molar-refractivity contribution in [2.24, 2.45) is 0 Å². The monoisotopic (exact) mass is 705 g/mol. The quantitative estimate of drug-likeness (QED) is 0.161. The average molecular weight is 707 g/mol. The van der Waals surface area contributed by atoms with Crippen molar-refractivity contribution in [1.29, 1.82) is 0 Å². The molecule has 0 radical (unpaired) electrons. The van der Waals surface area contributed by atoms with Crippen molar-refractivity contribution in [2.75, 3.05) is 18.0 Å². The zero-order valence-corrected chi connectivity index (χ0v) is 28.9. The van der Waals surface area contributed by atoms with E-state index in [9.17, 15) is 18.0 Å². The number of rotatable bonds is 14. The van der Waals surface area contributed by atoms with Crippen LogP contribution in [0.25, 0.3) is 0 Å². The minimum Gasteiger partial charge on any atom is -0.495 e. The van der Waals surface area contributed by atoms with Crippen molar-refractivity contribution in [3.8, 4) is 5.75 Å². The van der Waals surface area contributed by atoms with Crippen LogP contribution >= 0.6 is 15.9 Å². The molecule has 0 aromatic heterocycles. The topological polar surface area (TPSA) is 96.0 Å². The number of methoxy groups -OCH3 is 1. The summed E-state index contributed by atoms with van der Waals surface area (Å²) in [4.78, 5) is 30.1. The van der Waals surface area contributed by atoms with Crippen LogP contribution in [-0.4, -0.2) is 50.9 Å². The lowest BCUT2D eigenvalue weighted by molar-refractivity contribution is -0.140. The van der Waals surface area contributed by atoms with Gasteiger partial charge in [-0.15, -0.1) is 0 Å². The third kappa shape index (κ3) is 8.76. The Bertz CT molecular complexity index is 1730. The summed E-state index contributed by atoms with van der Waals surface area (Å²) in [5.74, 6) is -0.562. The third-order valence-electron chi connectivity index (χ3n) is 7.76. The summed E-state index contributed by atoms with van der Waals surface area (Å²) < 4.78 is 36.0. The van der Waals surface area contributed by atoms with Crippen LogP contribution in [0.5, 0.6) is 5.75 Å². The van der Waals surface area contributed by atoms with Gasteiger partial charge >= 0.3 is 0 Å². The Hall–Kier alpha value is -4.15. The molecule has 4 aromatic rings. The molecule has 0 bridgehead atoms. The molecule has 4 aromatic carbocycles. The normalized spacial score (nSPS) is 12.5. The molecule has 0 saturated heterocycles. The highest BCUT2D eigenvalue weighted by molar-refractivity contribution is 9.10. The van der Waals surface area contributed by atoms with Gasteiger partial charge in [0.25, 0.3) is 10.0 Å². The third-order valence-corrected chi connectivity index (χ3v) is 10.0. The number of sulfonamides is 1. The van der Waals surface area contributed by atoms with Gasteiger partial charge in [0, 0.05) is 23.5 Å². The molecule has 0 spiro atoms. The number of carbonyl (C=O) groups is 2. The molecule has 242 valence electrons. The molecular weight excluding hydrogens is 666 g/mol. The predicted octanol–water partition coefficient (Wildman–Crippen LogP) is 6.52. The summed E-state index contributed by atoms with van der Waals surface area (Å²) in [5, 5.41) is 3.05. The van der Waals surface area contributed by atoms with Crippen LogP contribution in [0.3, 0.4) is 0 Å². The highest BCUT2D eigenvalue weighted by Gasteiger charge is 2.35. The maximum Gasteiger partial charge on any atom is 0.264 e. The number of amides is 2. The number of nitrogens with zero attached hydrogens (tertiary/aromatic N) is 2. The number of hydrogen-bond donors (Lipinski definition) is 1. The van der Waals surface area contributed by atoms with Crippen molar-refractivity contribution in [2.45, 2.75) is 57.1 Å². The highest BCUT2D eigenvalue weighted by Crippen LogP contribution is 2.33. The number of aryl methyl sites for hydroxylation is 1. The lowest BCUT2D eigenvalue weighted by Crippen LogP contribution is -2.54. The summed E-state index contributed by atoms with van der Waals surface area (Å²) >= 11 is 3.51. The van der Waals surface area contributed by atoms with Gasteiger partial charge in [0.15, 0.2) is 0 Å². The zero-order chi connectivity index (χ0) is 33.3. The second-order valence-corrected chi connectivity index (χ2v) is 13.9. The molecule has 2 atom stereocenters. The molecule has 0 aliphatic rings. The molecule has 4 rings (SSSR count). The van der Waals surface area contributed by atoms with Crippen molar-refractivity contribution in [3.05, 3.63) is 124 Å². The van der Waals surface area contributed by atoms with E-state index in [1.165, 1.54) is 24.1 Å². The maximum absolute atomic E-state index is 14.6. The average Bonchev–Trinajstić information content (AvgIpc) is 3.05. The van der Waals surface area contributed by atoms with Crippen LogP contribution in [-0.2, 0) is 32.6 Å². The number of para-hydroxylation sites is 2. The standard InChI is InChI=1S/C36H40BrN3O5S/c1-5-27(3)38-36(42)33(23-28-12-7-6-8-13-28)39(24-29-14-11-15-30(37)22-29)35(41)25-40(32-16-9-10-17-34(32)45-4)46(43,44)31-20-18-26(2)19-21-31/h6-22,27,33H,5,23-25H2,1-4H3,(H,38,42)/t27-,33+/m0/s1. The SMILES string of the molecule is CC[C@H](C)NC(=O)[C@@H](Cc1ccccc1)N(Cc1cccc(Br)c1)C(=O)CN(c1ccccc1OC)S(=O)(=O)c1ccc(C)cc1. The van der Waals surface area contributed by atoms with Gasteiger partial charge in [0.05, 0.1) is 17.7 Å². The summed E-state index contributed by atoms with van der Waals surface area (Å²) in [6, 6.07) is 29.1. The smallest absolute Gasteiger partial charge is 0.264 e. The van der Waals surface area contributed by atoms with Gasteiger partial charge < -0.3 is 15.0 Å². The largest absolute Gasteiger partial charge is 0.495 e. The van der Waals surface area contributed by atoms with Crippen molar-refractivity contribution in [1.82, 2.24) is 10.2 Å². The zero-order valence-electron chi connectivity index (χ0n) is 26.5. The first-order chi connectivity index (χ1) is 22.0. The number of ether oxygens (including phenoxy) is 1. The van der Waals surface area contributed by atoms with E-state index in [-0.39, 0.29) is 35.5 Å². The van der Waals surface area contributed by atoms with Gasteiger partial charge in [-0.1, -0.05) is 95.1 Å². The van der Waals surface area contributed by atoms with Gasteiger partial charge in [0.1, 0.15) is 18.3 Å². The molecule has 8 nitrogen and oxygen atoms in total. The molecule has 0 fully saturated rings. The summed E-state index contributed by atoms with van der Waals surface area (Å²) in [6.07, 6.45) is 0.946. The molecule has 0 aliphatic carbocycles. The predicted molar refractivity (Wildman–Crippen MR) is 185 cm³/mol. The Balaban J connectivity index is 1.84. The first-order valence-electron chi connectivity index (χ1n) is 15.1. The number of benzene rings is 4. The molecule has 46 heavy (non-hydrogen) atoms. The van der Waals surface area contributed by atoms with Crippen molar-refractivity contribution >= 4 is 43.5 Å². The molecular formula is C36H40BrN3O5S. The van der Waals surface area contributed by atoms with E-state index in [0.717, 1.165) is 25.5 Å². The minimum absolute atomic E-state index is 0.0331. The summed E-state index contributed by atoms with van der Waals surface area (Å²) in [7, 11) is -2.79. The second kappa shape index (κ2) is 15.9. The Kier molecular flexibility index (Phi) is 12.0. The highest BCUT2D eigenvalue weighted by atomic mass is 79.9. The molecule has 0 aliphatic heterocycles. The van der Waals surface area contributed by atoms with Gasteiger partial charge in [-0.3, -0.25) is 13.9 Å². The van der Waals surface area contributed by atoms with Gasteiger partial charge in [-0.05, 0) is 67.8 Å². The van der Waals surface area contributed by atoms with Crippen LogP contribution in [0.15, 0.2) is 112 Å². The Labute approximate surface area is 280 Å². The number of nitrogens with one attached hydrogen (secondary N) is 1. The molecule has 0 unspecified atom stereocenters. The van der Waals surface area contributed by atoms with E-state index in [0.29, 0.717) is 12.2 Å². The van der Waals surface area contributed by atoms with Crippen molar-refractivity contribution < 1.29 is 22.7 Å². The molecule has 10 heteroatoms.